The van der Waals surface area contributed by atoms with Crippen LogP contribution in [-0.4, -0.2) is 41.7 Å². The third-order valence-electron chi connectivity index (χ3n) is 6.49. The molecule has 1 aromatic heterocycles. The molecule has 36 heavy (non-hydrogen) atoms. The summed E-state index contributed by atoms with van der Waals surface area (Å²) in [5.41, 5.74) is 1.98. The van der Waals surface area contributed by atoms with Gasteiger partial charge in [0.25, 0.3) is 5.91 Å². The van der Waals surface area contributed by atoms with E-state index < -0.39 is 23.7 Å². The molecule has 0 saturated carbocycles. The number of ether oxygens (including phenoxy) is 2. The van der Waals surface area contributed by atoms with E-state index in [0.29, 0.717) is 12.1 Å². The van der Waals surface area contributed by atoms with E-state index in [4.69, 9.17) is 9.47 Å². The van der Waals surface area contributed by atoms with Crippen LogP contribution in [0.15, 0.2) is 108 Å². The van der Waals surface area contributed by atoms with E-state index in [1.807, 2.05) is 91.0 Å². The van der Waals surface area contributed by atoms with Gasteiger partial charge in [-0.2, -0.15) is 0 Å². The van der Waals surface area contributed by atoms with Gasteiger partial charge in [0.15, 0.2) is 0 Å². The Kier molecular flexibility index (Phi) is 6.64. The smallest absolute Gasteiger partial charge is 0.337 e. The number of aromatic nitrogens is 1. The first-order chi connectivity index (χ1) is 17.6. The number of methoxy groups -OCH3 is 1. The quantitative estimate of drug-likeness (QED) is 0.359. The summed E-state index contributed by atoms with van der Waals surface area (Å²) in [5.74, 6) is -0.965. The summed E-state index contributed by atoms with van der Waals surface area (Å²) in [5, 5.41) is 6.44. The number of nitrogens with zero attached hydrogens (tertiary/aromatic N) is 1. The van der Waals surface area contributed by atoms with Crippen molar-refractivity contribution >= 4 is 17.6 Å². The lowest BCUT2D eigenvalue weighted by Crippen LogP contribution is -2.49. The second kappa shape index (κ2) is 10.2. The molecule has 7 nitrogen and oxygen atoms in total. The zero-order chi connectivity index (χ0) is 25.0. The summed E-state index contributed by atoms with van der Waals surface area (Å²) in [6.45, 7) is 0.233. The Bertz CT molecular complexity index is 1250. The standard InChI is InChI=1S/C29H27N3O4/c1-35-28(34)26-25(27(33)31-19-22-14-8-9-17-30-22)23-15-16-29(26,36-23)24(18-20-10-4-2-5-11-20)32-21-12-6-3-7-13-21/h2-17,23-24,32H,18-19H2,1H3,(H,31,33). The maximum atomic E-state index is 13.4. The van der Waals surface area contributed by atoms with Crippen molar-refractivity contribution in [1.82, 2.24) is 10.3 Å². The highest BCUT2D eigenvalue weighted by Gasteiger charge is 2.58. The van der Waals surface area contributed by atoms with Crippen LogP contribution in [0.5, 0.6) is 0 Å². The third-order valence-corrected chi connectivity index (χ3v) is 6.49. The lowest BCUT2D eigenvalue weighted by atomic mass is 9.78. The average Bonchev–Trinajstić information content (AvgIpc) is 3.51. The first-order valence-corrected chi connectivity index (χ1v) is 11.8. The minimum absolute atomic E-state index is 0.223. The van der Waals surface area contributed by atoms with Gasteiger partial charge >= 0.3 is 5.97 Å². The number of para-hydroxylation sites is 1. The van der Waals surface area contributed by atoms with Crippen LogP contribution in [-0.2, 0) is 32.0 Å². The molecule has 0 saturated heterocycles. The number of amides is 1. The summed E-state index contributed by atoms with van der Waals surface area (Å²) in [6.07, 6.45) is 5.28. The highest BCUT2D eigenvalue weighted by atomic mass is 16.5. The lowest BCUT2D eigenvalue weighted by molar-refractivity contribution is -0.138. The normalized spacial score (nSPS) is 20.8. The van der Waals surface area contributed by atoms with Crippen molar-refractivity contribution in [3.05, 3.63) is 120 Å². The second-order valence-electron chi connectivity index (χ2n) is 8.73. The Morgan fingerprint density at radius 3 is 2.44 bits per heavy atom. The lowest BCUT2D eigenvalue weighted by Gasteiger charge is -2.36. The predicted molar refractivity (Wildman–Crippen MR) is 136 cm³/mol. The Labute approximate surface area is 209 Å². The number of nitrogens with one attached hydrogen (secondary N) is 2. The summed E-state index contributed by atoms with van der Waals surface area (Å²) >= 11 is 0. The van der Waals surface area contributed by atoms with Crippen molar-refractivity contribution in [2.45, 2.75) is 30.7 Å². The molecule has 1 amide bonds. The van der Waals surface area contributed by atoms with Crippen LogP contribution in [0.4, 0.5) is 5.69 Å². The van der Waals surface area contributed by atoms with Gasteiger partial charge in [-0.1, -0.05) is 60.7 Å². The van der Waals surface area contributed by atoms with Crippen LogP contribution in [0.3, 0.4) is 0 Å². The van der Waals surface area contributed by atoms with Crippen LogP contribution < -0.4 is 10.6 Å². The summed E-state index contributed by atoms with van der Waals surface area (Å²) in [7, 11) is 1.32. The number of anilines is 1. The van der Waals surface area contributed by atoms with Crippen molar-refractivity contribution in [3.63, 3.8) is 0 Å². The number of rotatable bonds is 9. The second-order valence-corrected chi connectivity index (χ2v) is 8.73. The van der Waals surface area contributed by atoms with E-state index in [2.05, 4.69) is 15.6 Å². The molecule has 0 radical (unpaired) electrons. The number of fused-ring (bicyclic) bond motifs is 2. The highest BCUT2D eigenvalue weighted by Crippen LogP contribution is 2.47. The number of carbonyl (C=O) groups is 2. The third kappa shape index (κ3) is 4.53. The molecule has 182 valence electrons. The molecule has 0 fully saturated rings. The topological polar surface area (TPSA) is 89.6 Å². The number of hydrogen-bond donors (Lipinski definition) is 2. The molecule has 2 aliphatic rings. The zero-order valence-electron chi connectivity index (χ0n) is 19.9. The molecule has 2 N–H and O–H groups in total. The van der Waals surface area contributed by atoms with E-state index in [9.17, 15) is 9.59 Å². The Hall–Kier alpha value is -4.23. The zero-order valence-corrected chi connectivity index (χ0v) is 19.9. The minimum Gasteiger partial charge on any atom is -0.466 e. The average molecular weight is 482 g/mol. The van der Waals surface area contributed by atoms with Crippen LogP contribution in [0.2, 0.25) is 0 Å². The van der Waals surface area contributed by atoms with Crippen molar-refractivity contribution in [2.24, 2.45) is 0 Å². The van der Waals surface area contributed by atoms with Gasteiger partial charge in [-0.3, -0.25) is 9.78 Å². The fourth-order valence-corrected chi connectivity index (χ4v) is 4.82. The van der Waals surface area contributed by atoms with E-state index in [1.54, 1.807) is 6.20 Å². The van der Waals surface area contributed by atoms with Gasteiger partial charge in [0, 0.05) is 11.9 Å². The van der Waals surface area contributed by atoms with Gasteiger partial charge in [0.2, 0.25) is 0 Å². The number of esters is 1. The first-order valence-electron chi connectivity index (χ1n) is 11.8. The van der Waals surface area contributed by atoms with Gasteiger partial charge in [-0.25, -0.2) is 4.79 Å². The molecule has 2 bridgehead atoms. The van der Waals surface area contributed by atoms with Crippen LogP contribution in [0, 0.1) is 0 Å². The van der Waals surface area contributed by atoms with E-state index in [1.165, 1.54) is 7.11 Å². The first kappa shape index (κ1) is 23.5. The van der Waals surface area contributed by atoms with Gasteiger partial charge in [0.05, 0.1) is 36.5 Å². The Morgan fingerprint density at radius 1 is 1.03 bits per heavy atom. The molecule has 5 rings (SSSR count). The van der Waals surface area contributed by atoms with Crippen LogP contribution in [0.25, 0.3) is 0 Å². The SMILES string of the molecule is COC(=O)C1=C(C(=O)NCc2ccccn2)C2C=CC1(C(Cc1ccccc1)Nc1ccccc1)O2. The van der Waals surface area contributed by atoms with E-state index in [0.717, 1.165) is 11.3 Å². The van der Waals surface area contributed by atoms with Crippen LogP contribution >= 0.6 is 0 Å². The van der Waals surface area contributed by atoms with Crippen molar-refractivity contribution in [3.8, 4) is 0 Å². The van der Waals surface area contributed by atoms with E-state index in [-0.39, 0.29) is 23.6 Å². The van der Waals surface area contributed by atoms with Gasteiger partial charge in [0.1, 0.15) is 11.7 Å². The molecule has 3 atom stereocenters. The number of hydrogen-bond acceptors (Lipinski definition) is 6. The largest absolute Gasteiger partial charge is 0.466 e. The molecule has 0 aliphatic carbocycles. The molecule has 7 heteroatoms. The molecule has 3 heterocycles. The fourth-order valence-electron chi connectivity index (χ4n) is 4.82. The molecular formula is C29H27N3O4. The Balaban J connectivity index is 1.52. The summed E-state index contributed by atoms with van der Waals surface area (Å²) in [6, 6.07) is 24.8. The Morgan fingerprint density at radius 2 is 1.75 bits per heavy atom. The van der Waals surface area contributed by atoms with E-state index >= 15 is 0 Å². The maximum absolute atomic E-state index is 13.4. The fraction of sp³-hybridized carbons (Fsp3) is 0.207. The van der Waals surface area contributed by atoms with Crippen molar-refractivity contribution in [1.29, 1.82) is 0 Å². The van der Waals surface area contributed by atoms with Crippen LogP contribution in [0.1, 0.15) is 11.3 Å². The maximum Gasteiger partial charge on any atom is 0.337 e. The number of carbonyl (C=O) groups excluding carboxylic acids is 2. The van der Waals surface area contributed by atoms with Gasteiger partial charge in [-0.15, -0.1) is 0 Å². The van der Waals surface area contributed by atoms with Gasteiger partial charge in [-0.05, 0) is 42.3 Å². The minimum atomic E-state index is -1.18. The predicted octanol–water partition coefficient (Wildman–Crippen LogP) is 3.60. The monoisotopic (exact) mass is 481 g/mol. The summed E-state index contributed by atoms with van der Waals surface area (Å²) in [4.78, 5) is 30.8. The molecule has 2 aromatic carbocycles. The number of pyridine rings is 1. The molecule has 0 spiro atoms. The molecule has 3 unspecified atom stereocenters. The molecule has 2 aliphatic heterocycles. The summed E-state index contributed by atoms with van der Waals surface area (Å²) < 4.78 is 11.6. The van der Waals surface area contributed by atoms with Crippen molar-refractivity contribution < 1.29 is 19.1 Å². The van der Waals surface area contributed by atoms with Gasteiger partial charge < -0.3 is 20.1 Å². The molecular weight excluding hydrogens is 454 g/mol. The van der Waals surface area contributed by atoms with Crippen molar-refractivity contribution in [2.75, 3.05) is 12.4 Å². The molecule has 3 aromatic rings. The highest BCUT2D eigenvalue weighted by molar-refractivity contribution is 6.07. The number of benzene rings is 2.